The second-order valence-corrected chi connectivity index (χ2v) is 14.8. The standard InChI is InChI=1S/C30H26O2Si2/c31-33(25-14-5-1-6-15-25,26-16-7-2-8-17-26)29-22-13-23-30(24-29)34(32,27-18-9-3-10-19-27)28-20-11-4-12-21-28/h1-24,31-32H. The molecule has 0 unspecified atom stereocenters. The molecule has 5 aromatic carbocycles. The van der Waals surface area contributed by atoms with Gasteiger partial charge in [0.2, 0.25) is 0 Å². The molecule has 0 fully saturated rings. The number of hydrogen-bond acceptors (Lipinski definition) is 2. The van der Waals surface area contributed by atoms with Crippen molar-refractivity contribution in [1.29, 1.82) is 0 Å². The molecule has 0 bridgehead atoms. The number of rotatable bonds is 6. The Morgan fingerprint density at radius 2 is 0.529 bits per heavy atom. The molecule has 0 amide bonds. The van der Waals surface area contributed by atoms with Gasteiger partial charge in [-0.2, -0.15) is 0 Å². The molecule has 0 aliphatic carbocycles. The Labute approximate surface area is 202 Å². The average Bonchev–Trinajstić information content (AvgIpc) is 2.94. The van der Waals surface area contributed by atoms with E-state index in [4.69, 9.17) is 0 Å². The molecular formula is C30H26O2Si2. The molecule has 0 spiro atoms. The smallest absolute Gasteiger partial charge is 0.285 e. The summed E-state index contributed by atoms with van der Waals surface area (Å²) in [5.74, 6) is 0. The van der Waals surface area contributed by atoms with Crippen molar-refractivity contribution < 1.29 is 9.59 Å². The fraction of sp³-hybridized carbons (Fsp3) is 0. The summed E-state index contributed by atoms with van der Waals surface area (Å²) >= 11 is 0. The molecule has 5 aromatic rings. The van der Waals surface area contributed by atoms with E-state index in [1.165, 1.54) is 0 Å². The minimum Gasteiger partial charge on any atom is -0.421 e. The molecule has 0 aliphatic heterocycles. The summed E-state index contributed by atoms with van der Waals surface area (Å²) in [5.41, 5.74) is 0. The van der Waals surface area contributed by atoms with Gasteiger partial charge in [0.05, 0.1) is 0 Å². The Balaban J connectivity index is 1.74. The van der Waals surface area contributed by atoms with Crippen LogP contribution in [0, 0.1) is 0 Å². The van der Waals surface area contributed by atoms with Gasteiger partial charge in [0, 0.05) is 0 Å². The van der Waals surface area contributed by atoms with Gasteiger partial charge in [-0.3, -0.25) is 0 Å². The lowest BCUT2D eigenvalue weighted by Gasteiger charge is -2.30. The van der Waals surface area contributed by atoms with E-state index in [1.807, 2.05) is 146 Å². The van der Waals surface area contributed by atoms with Gasteiger partial charge in [-0.15, -0.1) is 0 Å². The molecule has 2 N–H and O–H groups in total. The fourth-order valence-electron chi connectivity index (χ4n) is 4.69. The third kappa shape index (κ3) is 3.87. The van der Waals surface area contributed by atoms with Crippen LogP contribution in [0.5, 0.6) is 0 Å². The van der Waals surface area contributed by atoms with Crippen molar-refractivity contribution in [2.45, 2.75) is 0 Å². The zero-order chi connectivity index (χ0) is 23.4. The first-order valence-electron chi connectivity index (χ1n) is 11.4. The van der Waals surface area contributed by atoms with Crippen molar-refractivity contribution >= 4 is 47.8 Å². The van der Waals surface area contributed by atoms with Crippen LogP contribution in [0.15, 0.2) is 146 Å². The Morgan fingerprint density at radius 3 is 0.794 bits per heavy atom. The first kappa shape index (κ1) is 22.3. The van der Waals surface area contributed by atoms with E-state index in [0.717, 1.165) is 31.1 Å². The number of hydrogen-bond donors (Lipinski definition) is 2. The van der Waals surface area contributed by atoms with E-state index in [2.05, 4.69) is 0 Å². The highest BCUT2D eigenvalue weighted by Gasteiger charge is 2.42. The second-order valence-electron chi connectivity index (χ2n) is 8.47. The molecule has 4 heteroatoms. The lowest BCUT2D eigenvalue weighted by atomic mass is 10.3. The molecule has 0 atom stereocenters. The maximum absolute atomic E-state index is 12.4. The molecule has 5 rings (SSSR count). The van der Waals surface area contributed by atoms with Crippen LogP contribution in [0.4, 0.5) is 0 Å². The van der Waals surface area contributed by atoms with Gasteiger partial charge < -0.3 is 9.59 Å². The van der Waals surface area contributed by atoms with Crippen molar-refractivity contribution in [2.24, 2.45) is 0 Å². The Morgan fingerprint density at radius 1 is 0.294 bits per heavy atom. The maximum Gasteiger partial charge on any atom is 0.285 e. The van der Waals surface area contributed by atoms with Crippen molar-refractivity contribution in [2.75, 3.05) is 0 Å². The summed E-state index contributed by atoms with van der Waals surface area (Å²) in [4.78, 5) is 24.9. The minimum atomic E-state index is -3.28. The van der Waals surface area contributed by atoms with Crippen LogP contribution in [-0.2, 0) is 0 Å². The molecule has 0 heterocycles. The summed E-state index contributed by atoms with van der Waals surface area (Å²) in [6, 6.07) is 47.7. The molecule has 0 radical (unpaired) electrons. The molecule has 34 heavy (non-hydrogen) atoms. The summed E-state index contributed by atoms with van der Waals surface area (Å²) in [7, 11) is -6.56. The van der Waals surface area contributed by atoms with Gasteiger partial charge in [-0.25, -0.2) is 0 Å². The minimum absolute atomic E-state index is 0.861. The largest absolute Gasteiger partial charge is 0.421 e. The molecule has 0 saturated carbocycles. The van der Waals surface area contributed by atoms with Gasteiger partial charge in [0.25, 0.3) is 16.6 Å². The van der Waals surface area contributed by atoms with Crippen LogP contribution >= 0.6 is 0 Å². The fourth-order valence-corrected chi connectivity index (χ4v) is 10.9. The zero-order valence-electron chi connectivity index (χ0n) is 18.8. The topological polar surface area (TPSA) is 40.5 Å². The van der Waals surface area contributed by atoms with Crippen LogP contribution in [0.2, 0.25) is 0 Å². The van der Waals surface area contributed by atoms with E-state index < -0.39 is 16.6 Å². The summed E-state index contributed by atoms with van der Waals surface area (Å²) in [5, 5.41) is 5.40. The Bertz CT molecular complexity index is 1180. The van der Waals surface area contributed by atoms with E-state index in [-0.39, 0.29) is 0 Å². The molecule has 0 saturated heterocycles. The molecule has 2 nitrogen and oxygen atoms in total. The van der Waals surface area contributed by atoms with Crippen LogP contribution in [0.3, 0.4) is 0 Å². The highest BCUT2D eigenvalue weighted by Crippen LogP contribution is 2.08. The summed E-state index contributed by atoms with van der Waals surface area (Å²) in [6.07, 6.45) is 0. The van der Waals surface area contributed by atoms with Gasteiger partial charge in [0.15, 0.2) is 0 Å². The average molecular weight is 475 g/mol. The lowest BCUT2D eigenvalue weighted by molar-refractivity contribution is 0.582. The normalized spacial score (nSPS) is 11.8. The first-order valence-corrected chi connectivity index (χ1v) is 15.3. The van der Waals surface area contributed by atoms with Gasteiger partial charge in [0.1, 0.15) is 0 Å². The van der Waals surface area contributed by atoms with E-state index in [1.54, 1.807) is 0 Å². The van der Waals surface area contributed by atoms with E-state index in [0.29, 0.717) is 0 Å². The summed E-state index contributed by atoms with van der Waals surface area (Å²) < 4.78 is 0. The molecular weight excluding hydrogens is 449 g/mol. The lowest BCUT2D eigenvalue weighted by Crippen LogP contribution is -2.71. The Kier molecular flexibility index (Phi) is 6.13. The molecule has 0 aromatic heterocycles. The van der Waals surface area contributed by atoms with E-state index >= 15 is 0 Å². The van der Waals surface area contributed by atoms with Gasteiger partial charge in [-0.1, -0.05) is 146 Å². The third-order valence-electron chi connectivity index (χ3n) is 6.46. The Hall–Kier alpha value is -3.55. The quantitative estimate of drug-likeness (QED) is 0.290. The van der Waals surface area contributed by atoms with Crippen LogP contribution in [-0.4, -0.2) is 26.2 Å². The van der Waals surface area contributed by atoms with Crippen molar-refractivity contribution in [3.05, 3.63) is 146 Å². The second kappa shape index (κ2) is 9.37. The van der Waals surface area contributed by atoms with Gasteiger partial charge in [-0.05, 0) is 31.1 Å². The first-order chi connectivity index (χ1) is 16.6. The highest BCUT2D eigenvalue weighted by molar-refractivity contribution is 7.08. The van der Waals surface area contributed by atoms with Crippen molar-refractivity contribution in [3.63, 3.8) is 0 Å². The van der Waals surface area contributed by atoms with Gasteiger partial charge >= 0.3 is 0 Å². The molecule has 0 aliphatic rings. The monoisotopic (exact) mass is 474 g/mol. The molecule has 166 valence electrons. The van der Waals surface area contributed by atoms with Crippen LogP contribution in [0.1, 0.15) is 0 Å². The van der Waals surface area contributed by atoms with Crippen LogP contribution < -0.4 is 31.1 Å². The highest BCUT2D eigenvalue weighted by atomic mass is 28.4. The number of benzene rings is 5. The predicted molar refractivity (Wildman–Crippen MR) is 146 cm³/mol. The summed E-state index contributed by atoms with van der Waals surface area (Å²) in [6.45, 7) is 0. The maximum atomic E-state index is 12.4. The zero-order valence-corrected chi connectivity index (χ0v) is 20.8. The third-order valence-corrected chi connectivity index (χ3v) is 13.4. The SMILES string of the molecule is O[Si](c1ccccc1)(c1ccccc1)c1cccc([Si](O)(c2ccccc2)c2ccccc2)c1. The predicted octanol–water partition coefficient (Wildman–Crippen LogP) is 1.60. The van der Waals surface area contributed by atoms with Crippen molar-refractivity contribution in [3.8, 4) is 0 Å². The van der Waals surface area contributed by atoms with E-state index in [9.17, 15) is 9.59 Å². The van der Waals surface area contributed by atoms with Crippen LogP contribution in [0.25, 0.3) is 0 Å². The van der Waals surface area contributed by atoms with Crippen molar-refractivity contribution in [1.82, 2.24) is 0 Å².